The highest BCUT2D eigenvalue weighted by Gasteiger charge is 2.63. The van der Waals surface area contributed by atoms with Gasteiger partial charge < -0.3 is 9.80 Å². The van der Waals surface area contributed by atoms with Crippen molar-refractivity contribution in [1.29, 1.82) is 0 Å². The number of anilines is 2. The van der Waals surface area contributed by atoms with Gasteiger partial charge in [-0.25, -0.2) is 0 Å². The Bertz CT molecular complexity index is 1210. The largest absolute Gasteiger partial charge is 0.371 e. The number of hydrogen-bond donors (Lipinski definition) is 0. The van der Waals surface area contributed by atoms with Crippen LogP contribution in [0.2, 0.25) is 24.2 Å². The molecule has 0 spiro atoms. The van der Waals surface area contributed by atoms with Crippen LogP contribution in [0.3, 0.4) is 0 Å². The number of nitrogens with zero attached hydrogens (tertiary/aromatic N) is 2. The van der Waals surface area contributed by atoms with Gasteiger partial charge in [-0.15, -0.1) is 0 Å². The van der Waals surface area contributed by atoms with Crippen LogP contribution in [0.5, 0.6) is 0 Å². The molecule has 8 rings (SSSR count). The van der Waals surface area contributed by atoms with E-state index >= 15 is 0 Å². The second-order valence-electron chi connectivity index (χ2n) is 18.0. The third-order valence-electron chi connectivity index (χ3n) is 15.8. The van der Waals surface area contributed by atoms with Crippen LogP contribution in [-0.2, 0) is 0 Å². The predicted molar refractivity (Wildman–Crippen MR) is 195 cm³/mol. The minimum atomic E-state index is -1.59. The molecule has 0 aliphatic heterocycles. The van der Waals surface area contributed by atoms with Crippen LogP contribution >= 0.6 is 0 Å². The maximum Gasteiger partial charge on any atom is 0.0546 e. The molecule has 244 valence electrons. The molecule has 14 unspecified atom stereocenters. The van der Waals surface area contributed by atoms with Gasteiger partial charge in [0.1, 0.15) is 0 Å². The lowest BCUT2D eigenvalue weighted by molar-refractivity contribution is 0.115. The van der Waals surface area contributed by atoms with E-state index in [4.69, 9.17) is 0 Å². The summed E-state index contributed by atoms with van der Waals surface area (Å²) in [6.07, 6.45) is 14.9. The summed E-state index contributed by atoms with van der Waals surface area (Å²) in [7, 11) is 3.34. The topological polar surface area (TPSA) is 6.48 Å². The summed E-state index contributed by atoms with van der Waals surface area (Å²) in [5.41, 5.74) is 4.90. The third kappa shape index (κ3) is 4.90. The molecule has 0 amide bonds. The molecule has 6 saturated carbocycles. The molecule has 6 aliphatic carbocycles. The fourth-order valence-electron chi connectivity index (χ4n) is 14.9. The minimum Gasteiger partial charge on any atom is -0.371 e. The summed E-state index contributed by atoms with van der Waals surface area (Å²) >= 11 is 0. The summed E-state index contributed by atoms with van der Waals surface area (Å²) in [4.78, 5) is 5.56. The van der Waals surface area contributed by atoms with E-state index in [9.17, 15) is 0 Å². The monoisotopic (exact) mass is 622 g/mol. The normalized spacial score (nSPS) is 43.8. The summed E-state index contributed by atoms with van der Waals surface area (Å²) in [5.74, 6) is 9.21. The molecule has 0 radical (unpaired) electrons. The van der Waals surface area contributed by atoms with Crippen molar-refractivity contribution in [3.05, 3.63) is 60.7 Å². The van der Waals surface area contributed by atoms with Crippen LogP contribution in [0.25, 0.3) is 0 Å². The number of rotatable bonds is 6. The number of hydrogen-bond acceptors (Lipinski definition) is 2. The van der Waals surface area contributed by atoms with Crippen LogP contribution < -0.4 is 9.80 Å². The second kappa shape index (κ2) is 11.7. The maximum atomic E-state index is 2.94. The molecular weight excluding hydrogens is 561 g/mol. The third-order valence-corrected chi connectivity index (χ3v) is 21.2. The minimum absolute atomic E-state index is 0.738. The van der Waals surface area contributed by atoms with Crippen molar-refractivity contribution in [2.45, 2.75) is 114 Å². The Balaban J connectivity index is 1.11. The first-order valence-electron chi connectivity index (χ1n) is 19.3. The summed E-state index contributed by atoms with van der Waals surface area (Å²) < 4.78 is 0. The van der Waals surface area contributed by atoms with Crippen LogP contribution in [0.1, 0.15) is 78.1 Å². The van der Waals surface area contributed by atoms with Gasteiger partial charge in [0.15, 0.2) is 0 Å². The van der Waals surface area contributed by atoms with Gasteiger partial charge in [-0.05, 0) is 133 Å². The van der Waals surface area contributed by atoms with Gasteiger partial charge in [-0.2, -0.15) is 0 Å². The quantitative estimate of drug-likeness (QED) is 0.296. The van der Waals surface area contributed by atoms with Crippen molar-refractivity contribution in [3.63, 3.8) is 0 Å². The Labute approximate surface area is 276 Å². The first-order chi connectivity index (χ1) is 21.8. The Morgan fingerprint density at radius 1 is 0.511 bits per heavy atom. The number of para-hydroxylation sites is 2. The van der Waals surface area contributed by atoms with E-state index in [0.717, 1.165) is 82.3 Å². The Hall–Kier alpha value is -1.74. The van der Waals surface area contributed by atoms with Gasteiger partial charge in [0.25, 0.3) is 0 Å². The van der Waals surface area contributed by atoms with E-state index in [0.29, 0.717) is 0 Å². The SMILES string of the molecule is CC1CC2C(CC3CCCC3C2N(C)c2ccccc2)C1[Si](C)(C)C1C(C)CC2C1CC1CCCC1C2N(C)c1ccccc1. The van der Waals surface area contributed by atoms with Gasteiger partial charge in [0.2, 0.25) is 0 Å². The molecule has 0 aromatic heterocycles. The molecule has 3 heteroatoms. The lowest BCUT2D eigenvalue weighted by atomic mass is 9.66. The smallest absolute Gasteiger partial charge is 0.0546 e. The Morgan fingerprint density at radius 3 is 1.31 bits per heavy atom. The van der Waals surface area contributed by atoms with E-state index in [-0.39, 0.29) is 0 Å². The zero-order chi connectivity index (χ0) is 31.0. The number of fused-ring (bicyclic) bond motifs is 4. The molecule has 0 N–H and O–H groups in total. The summed E-state index contributed by atoms with van der Waals surface area (Å²) in [6, 6.07) is 24.4. The van der Waals surface area contributed by atoms with Gasteiger partial charge >= 0.3 is 0 Å². The zero-order valence-electron chi connectivity index (χ0n) is 29.3. The number of benzene rings is 2. The second-order valence-corrected chi connectivity index (χ2v) is 23.0. The zero-order valence-corrected chi connectivity index (χ0v) is 30.3. The highest BCUT2D eigenvalue weighted by atomic mass is 28.3. The average Bonchev–Trinajstić information content (AvgIpc) is 3.83. The molecule has 6 fully saturated rings. The van der Waals surface area contributed by atoms with Crippen LogP contribution in [0.4, 0.5) is 11.4 Å². The summed E-state index contributed by atoms with van der Waals surface area (Å²) in [6.45, 7) is 11.3. The molecule has 2 aromatic rings. The molecule has 2 nitrogen and oxygen atoms in total. The fourth-order valence-corrected chi connectivity index (χ4v) is 21.5. The summed E-state index contributed by atoms with van der Waals surface area (Å²) in [5, 5.41) is 0. The van der Waals surface area contributed by atoms with Crippen molar-refractivity contribution in [2.75, 3.05) is 23.9 Å². The molecule has 45 heavy (non-hydrogen) atoms. The highest BCUT2D eigenvalue weighted by Crippen LogP contribution is 2.68. The molecule has 2 aromatic carbocycles. The predicted octanol–water partition coefficient (Wildman–Crippen LogP) is 10.6. The van der Waals surface area contributed by atoms with E-state index in [1.54, 1.807) is 12.8 Å². The van der Waals surface area contributed by atoms with Crippen molar-refractivity contribution in [3.8, 4) is 0 Å². The van der Waals surface area contributed by atoms with Crippen molar-refractivity contribution in [2.24, 2.45) is 59.2 Å². The van der Waals surface area contributed by atoms with Gasteiger partial charge in [-0.1, -0.05) is 89.0 Å². The van der Waals surface area contributed by atoms with Crippen LogP contribution in [-0.4, -0.2) is 34.3 Å². The molecular formula is C42H62N2Si. The average molecular weight is 623 g/mol. The lowest BCUT2D eigenvalue weighted by Crippen LogP contribution is -2.54. The standard InChI is InChI=1S/C42H62N2Si/c1-27-23-35-37(25-29-15-13-21-33(29)39(35)43(3)31-17-9-7-10-18-31)41(27)45(5,6)42-28(2)24-36-38(42)26-30-16-14-22-34(30)40(36)44(4)32-19-11-8-12-20-32/h7-12,17-20,27-30,33-42H,13-16,21-26H2,1-6H3. The first-order valence-corrected chi connectivity index (χ1v) is 22.5. The Morgan fingerprint density at radius 2 is 0.911 bits per heavy atom. The van der Waals surface area contributed by atoms with E-state index in [1.165, 1.54) is 62.7 Å². The van der Waals surface area contributed by atoms with E-state index in [1.807, 2.05) is 0 Å². The van der Waals surface area contributed by atoms with Gasteiger partial charge in [-0.3, -0.25) is 0 Å². The van der Waals surface area contributed by atoms with Crippen molar-refractivity contribution < 1.29 is 0 Å². The molecule has 0 heterocycles. The van der Waals surface area contributed by atoms with Crippen LogP contribution in [0, 0.1) is 59.2 Å². The molecule has 14 atom stereocenters. The fraction of sp³-hybridized carbons (Fsp3) is 0.714. The molecule has 0 bridgehead atoms. The lowest BCUT2D eigenvalue weighted by Gasteiger charge is -2.53. The van der Waals surface area contributed by atoms with Gasteiger partial charge in [0, 0.05) is 37.6 Å². The highest BCUT2D eigenvalue weighted by molar-refractivity contribution is 6.80. The first kappa shape index (κ1) is 30.6. The molecule has 6 aliphatic rings. The van der Waals surface area contributed by atoms with E-state index < -0.39 is 8.07 Å². The van der Waals surface area contributed by atoms with Crippen molar-refractivity contribution in [1.82, 2.24) is 0 Å². The Kier molecular flexibility index (Phi) is 7.98. The maximum absolute atomic E-state index is 2.94. The molecule has 0 saturated heterocycles. The van der Waals surface area contributed by atoms with Crippen LogP contribution in [0.15, 0.2) is 60.7 Å². The van der Waals surface area contributed by atoms with E-state index in [2.05, 4.69) is 112 Å². The van der Waals surface area contributed by atoms with Gasteiger partial charge in [0.05, 0.1) is 8.07 Å². The van der Waals surface area contributed by atoms with Crippen molar-refractivity contribution >= 4 is 19.4 Å².